The molecule has 0 fully saturated rings. The topological polar surface area (TPSA) is 17.1 Å². The van der Waals surface area contributed by atoms with Gasteiger partial charge in [0.15, 0.2) is 12.0 Å². The Morgan fingerprint density at radius 1 is 1.36 bits per heavy atom. The summed E-state index contributed by atoms with van der Waals surface area (Å²) in [5.74, 6) is -0.332. The molecule has 66 valence electrons. The third-order valence-electron chi connectivity index (χ3n) is 1.75. The second-order valence-corrected chi connectivity index (χ2v) is 2.93. The standard InChI is InChI=1S/C9H17FO/c1-3-4-5-6-7-9(10)8(2)11/h9H,3-7H2,1-2H3. The Labute approximate surface area is 68.0 Å². The highest BCUT2D eigenvalue weighted by molar-refractivity contribution is 5.80. The molecule has 0 saturated heterocycles. The van der Waals surface area contributed by atoms with E-state index in [0.717, 1.165) is 25.7 Å². The predicted molar refractivity (Wildman–Crippen MR) is 44.3 cm³/mol. The first kappa shape index (κ1) is 10.6. The highest BCUT2D eigenvalue weighted by Crippen LogP contribution is 2.08. The lowest BCUT2D eigenvalue weighted by atomic mass is 10.1. The van der Waals surface area contributed by atoms with Crippen molar-refractivity contribution < 1.29 is 9.18 Å². The molecular weight excluding hydrogens is 143 g/mol. The van der Waals surface area contributed by atoms with E-state index in [9.17, 15) is 9.18 Å². The lowest BCUT2D eigenvalue weighted by Crippen LogP contribution is -2.10. The molecular formula is C9H17FO. The van der Waals surface area contributed by atoms with Gasteiger partial charge in [0.2, 0.25) is 0 Å². The van der Waals surface area contributed by atoms with Gasteiger partial charge in [-0.05, 0) is 13.3 Å². The van der Waals surface area contributed by atoms with Crippen LogP contribution in [0.15, 0.2) is 0 Å². The van der Waals surface area contributed by atoms with E-state index in [1.807, 2.05) is 0 Å². The number of carbonyl (C=O) groups is 1. The molecule has 0 aliphatic heterocycles. The summed E-state index contributed by atoms with van der Waals surface area (Å²) in [5, 5.41) is 0. The number of carbonyl (C=O) groups excluding carboxylic acids is 1. The van der Waals surface area contributed by atoms with Crippen molar-refractivity contribution in [2.24, 2.45) is 0 Å². The van der Waals surface area contributed by atoms with Crippen molar-refractivity contribution in [2.45, 2.75) is 52.1 Å². The Bertz CT molecular complexity index is 112. The Kier molecular flexibility index (Phi) is 6.09. The van der Waals surface area contributed by atoms with Gasteiger partial charge in [-0.3, -0.25) is 4.79 Å². The minimum atomic E-state index is -1.22. The lowest BCUT2D eigenvalue weighted by Gasteiger charge is -2.02. The van der Waals surface area contributed by atoms with Gasteiger partial charge in [0.1, 0.15) is 0 Å². The summed E-state index contributed by atoms with van der Waals surface area (Å²) in [4.78, 5) is 10.4. The van der Waals surface area contributed by atoms with Gasteiger partial charge < -0.3 is 0 Å². The van der Waals surface area contributed by atoms with E-state index < -0.39 is 6.17 Å². The summed E-state index contributed by atoms with van der Waals surface area (Å²) >= 11 is 0. The molecule has 0 aromatic carbocycles. The van der Waals surface area contributed by atoms with Crippen molar-refractivity contribution in [3.05, 3.63) is 0 Å². The first-order valence-corrected chi connectivity index (χ1v) is 4.33. The van der Waals surface area contributed by atoms with Crippen molar-refractivity contribution in [3.63, 3.8) is 0 Å². The van der Waals surface area contributed by atoms with E-state index in [1.165, 1.54) is 6.92 Å². The molecule has 0 amide bonds. The number of hydrogen-bond donors (Lipinski definition) is 0. The normalized spacial score (nSPS) is 13.0. The zero-order valence-corrected chi connectivity index (χ0v) is 7.40. The Morgan fingerprint density at radius 2 is 2.00 bits per heavy atom. The smallest absolute Gasteiger partial charge is 0.163 e. The monoisotopic (exact) mass is 160 g/mol. The van der Waals surface area contributed by atoms with Crippen molar-refractivity contribution >= 4 is 5.78 Å². The molecule has 0 spiro atoms. The number of rotatable bonds is 6. The molecule has 0 aromatic rings. The molecule has 0 aliphatic rings. The van der Waals surface area contributed by atoms with E-state index in [0.29, 0.717) is 6.42 Å². The molecule has 1 atom stereocenters. The average Bonchev–Trinajstić information content (AvgIpc) is 1.97. The summed E-state index contributed by atoms with van der Waals surface area (Å²) in [7, 11) is 0. The summed E-state index contributed by atoms with van der Waals surface area (Å²) in [6, 6.07) is 0. The van der Waals surface area contributed by atoms with Crippen LogP contribution in [0.4, 0.5) is 4.39 Å². The molecule has 1 nitrogen and oxygen atoms in total. The third kappa shape index (κ3) is 6.02. The molecule has 0 N–H and O–H groups in total. The number of unbranched alkanes of at least 4 members (excludes halogenated alkanes) is 3. The van der Waals surface area contributed by atoms with Crippen molar-refractivity contribution in [2.75, 3.05) is 0 Å². The molecule has 0 heterocycles. The Morgan fingerprint density at radius 3 is 2.45 bits per heavy atom. The molecule has 0 bridgehead atoms. The van der Waals surface area contributed by atoms with Crippen LogP contribution in [0.25, 0.3) is 0 Å². The van der Waals surface area contributed by atoms with Gasteiger partial charge in [-0.1, -0.05) is 32.6 Å². The van der Waals surface area contributed by atoms with Crippen LogP contribution >= 0.6 is 0 Å². The van der Waals surface area contributed by atoms with Gasteiger partial charge in [-0.2, -0.15) is 0 Å². The van der Waals surface area contributed by atoms with Gasteiger partial charge in [-0.15, -0.1) is 0 Å². The van der Waals surface area contributed by atoms with Gasteiger partial charge in [0, 0.05) is 0 Å². The molecule has 0 aliphatic carbocycles. The molecule has 2 heteroatoms. The molecule has 0 rings (SSSR count). The zero-order valence-electron chi connectivity index (χ0n) is 7.40. The Balaban J connectivity index is 3.17. The number of hydrogen-bond acceptors (Lipinski definition) is 1. The summed E-state index contributed by atoms with van der Waals surface area (Å²) in [5.41, 5.74) is 0. The van der Waals surface area contributed by atoms with Crippen LogP contribution < -0.4 is 0 Å². The van der Waals surface area contributed by atoms with Crippen LogP contribution in [-0.2, 0) is 4.79 Å². The molecule has 1 unspecified atom stereocenters. The maximum atomic E-state index is 12.6. The van der Waals surface area contributed by atoms with Crippen LogP contribution in [0.5, 0.6) is 0 Å². The van der Waals surface area contributed by atoms with Crippen molar-refractivity contribution in [1.82, 2.24) is 0 Å². The van der Waals surface area contributed by atoms with Gasteiger partial charge in [-0.25, -0.2) is 4.39 Å². The van der Waals surface area contributed by atoms with Crippen LogP contribution in [0, 0.1) is 0 Å². The summed E-state index contributed by atoms with van der Waals surface area (Å²) in [6.07, 6.45) is 3.38. The highest BCUT2D eigenvalue weighted by Gasteiger charge is 2.10. The van der Waals surface area contributed by atoms with E-state index in [2.05, 4.69) is 6.92 Å². The van der Waals surface area contributed by atoms with E-state index >= 15 is 0 Å². The molecule has 0 aromatic heterocycles. The number of Topliss-reactive ketones (excluding diaryl/α,β-unsaturated/α-hetero) is 1. The zero-order chi connectivity index (χ0) is 8.69. The number of halogens is 1. The van der Waals surface area contributed by atoms with Crippen molar-refractivity contribution in [3.8, 4) is 0 Å². The van der Waals surface area contributed by atoms with Crippen LogP contribution in [-0.4, -0.2) is 12.0 Å². The largest absolute Gasteiger partial charge is 0.297 e. The van der Waals surface area contributed by atoms with Crippen molar-refractivity contribution in [1.29, 1.82) is 0 Å². The van der Waals surface area contributed by atoms with E-state index in [-0.39, 0.29) is 5.78 Å². The van der Waals surface area contributed by atoms with Crippen LogP contribution in [0.3, 0.4) is 0 Å². The number of ketones is 1. The molecule has 0 saturated carbocycles. The fourth-order valence-electron chi connectivity index (χ4n) is 0.954. The second-order valence-electron chi connectivity index (χ2n) is 2.93. The van der Waals surface area contributed by atoms with Gasteiger partial charge in [0.05, 0.1) is 0 Å². The summed E-state index contributed by atoms with van der Waals surface area (Å²) < 4.78 is 12.6. The average molecular weight is 160 g/mol. The first-order chi connectivity index (χ1) is 5.18. The minimum absolute atomic E-state index is 0.332. The Hall–Kier alpha value is -0.400. The predicted octanol–water partition coefficient (Wildman–Crippen LogP) is 2.88. The first-order valence-electron chi connectivity index (χ1n) is 4.33. The van der Waals surface area contributed by atoms with Crippen LogP contribution in [0.2, 0.25) is 0 Å². The van der Waals surface area contributed by atoms with E-state index in [1.54, 1.807) is 0 Å². The van der Waals surface area contributed by atoms with Crippen LogP contribution in [0.1, 0.15) is 46.0 Å². The van der Waals surface area contributed by atoms with Gasteiger partial charge in [0.25, 0.3) is 0 Å². The second kappa shape index (κ2) is 6.32. The molecule has 0 radical (unpaired) electrons. The quantitative estimate of drug-likeness (QED) is 0.546. The fraction of sp³-hybridized carbons (Fsp3) is 0.889. The van der Waals surface area contributed by atoms with E-state index in [4.69, 9.17) is 0 Å². The SMILES string of the molecule is CCCCCCC(F)C(C)=O. The summed E-state index contributed by atoms with van der Waals surface area (Å²) in [6.45, 7) is 3.42. The molecule has 11 heavy (non-hydrogen) atoms. The number of alkyl halides is 1. The fourth-order valence-corrected chi connectivity index (χ4v) is 0.954. The lowest BCUT2D eigenvalue weighted by molar-refractivity contribution is -0.121. The maximum Gasteiger partial charge on any atom is 0.163 e. The van der Waals surface area contributed by atoms with Gasteiger partial charge >= 0.3 is 0 Å². The third-order valence-corrected chi connectivity index (χ3v) is 1.75. The minimum Gasteiger partial charge on any atom is -0.297 e. The highest BCUT2D eigenvalue weighted by atomic mass is 19.1. The maximum absolute atomic E-state index is 12.6.